The lowest BCUT2D eigenvalue weighted by atomic mass is 9.98. The number of hydrogen-bond donors (Lipinski definition) is 1. The molecule has 1 N–H and O–H groups in total. The van der Waals surface area contributed by atoms with Crippen LogP contribution in [0, 0.1) is 0 Å². The standard InChI is InChI=1S/C26H32ClN3O3/c1-26(2,3)33-25(31)29-15-13-21-22(14-16-29)28-30(17-19-7-5-6-8-23(19)32-4)24(21)18-9-11-20(27)12-10-18/h5-12,22,28H,13-17H2,1-4H3. The monoisotopic (exact) mass is 469 g/mol. The molecule has 2 aromatic rings. The van der Waals surface area contributed by atoms with Crippen LogP contribution in [0.4, 0.5) is 4.79 Å². The molecular formula is C26H32ClN3O3. The van der Waals surface area contributed by atoms with E-state index >= 15 is 0 Å². The summed E-state index contributed by atoms with van der Waals surface area (Å²) in [5.41, 5.74) is 7.85. The van der Waals surface area contributed by atoms with Crippen molar-refractivity contribution < 1.29 is 14.3 Å². The highest BCUT2D eigenvalue weighted by atomic mass is 35.5. The van der Waals surface area contributed by atoms with Gasteiger partial charge in [-0.15, -0.1) is 0 Å². The first-order chi connectivity index (χ1) is 15.7. The first-order valence-electron chi connectivity index (χ1n) is 11.4. The number of methoxy groups -OCH3 is 1. The normalized spacial score (nSPS) is 18.8. The number of para-hydroxylation sites is 1. The van der Waals surface area contributed by atoms with Gasteiger partial charge in [0.15, 0.2) is 0 Å². The summed E-state index contributed by atoms with van der Waals surface area (Å²) in [7, 11) is 1.70. The molecule has 0 bridgehead atoms. The zero-order valence-electron chi connectivity index (χ0n) is 19.7. The number of nitrogens with zero attached hydrogens (tertiary/aromatic N) is 2. The van der Waals surface area contributed by atoms with Crippen molar-refractivity contribution in [3.8, 4) is 5.75 Å². The Hall–Kier alpha value is -2.70. The summed E-state index contributed by atoms with van der Waals surface area (Å²) in [6.07, 6.45) is 1.34. The van der Waals surface area contributed by atoms with Crippen LogP contribution in [-0.4, -0.2) is 47.8 Å². The summed E-state index contributed by atoms with van der Waals surface area (Å²) in [5.74, 6) is 0.864. The van der Waals surface area contributed by atoms with Crippen molar-refractivity contribution in [1.82, 2.24) is 15.3 Å². The molecule has 1 amide bonds. The van der Waals surface area contributed by atoms with E-state index in [2.05, 4.69) is 28.6 Å². The Morgan fingerprint density at radius 3 is 2.55 bits per heavy atom. The maximum atomic E-state index is 12.7. The zero-order valence-corrected chi connectivity index (χ0v) is 20.5. The van der Waals surface area contributed by atoms with E-state index in [-0.39, 0.29) is 12.1 Å². The van der Waals surface area contributed by atoms with Crippen LogP contribution in [0.2, 0.25) is 5.02 Å². The molecule has 33 heavy (non-hydrogen) atoms. The number of benzene rings is 2. The molecule has 0 spiro atoms. The summed E-state index contributed by atoms with van der Waals surface area (Å²) < 4.78 is 11.2. The number of rotatable bonds is 4. The molecule has 2 aromatic carbocycles. The largest absolute Gasteiger partial charge is 0.496 e. The minimum absolute atomic E-state index is 0.151. The van der Waals surface area contributed by atoms with Crippen molar-refractivity contribution in [2.24, 2.45) is 0 Å². The molecule has 0 saturated carbocycles. The molecule has 1 saturated heterocycles. The van der Waals surface area contributed by atoms with Crippen LogP contribution >= 0.6 is 11.6 Å². The van der Waals surface area contributed by atoms with E-state index < -0.39 is 5.60 Å². The second-order valence-electron chi connectivity index (χ2n) is 9.47. The molecule has 2 aliphatic heterocycles. The molecule has 7 heteroatoms. The minimum Gasteiger partial charge on any atom is -0.496 e. The molecule has 0 radical (unpaired) electrons. The quantitative estimate of drug-likeness (QED) is 0.642. The molecule has 176 valence electrons. The lowest BCUT2D eigenvalue weighted by Gasteiger charge is -2.28. The Labute approximate surface area is 201 Å². The number of fused-ring (bicyclic) bond motifs is 1. The Morgan fingerprint density at radius 2 is 1.85 bits per heavy atom. The first kappa shape index (κ1) is 23.5. The summed E-state index contributed by atoms with van der Waals surface area (Å²) in [4.78, 5) is 14.5. The molecule has 1 atom stereocenters. The van der Waals surface area contributed by atoms with Crippen molar-refractivity contribution in [3.05, 3.63) is 70.3 Å². The highest BCUT2D eigenvalue weighted by molar-refractivity contribution is 6.30. The third kappa shape index (κ3) is 5.45. The molecule has 0 aromatic heterocycles. The molecule has 0 aliphatic carbocycles. The van der Waals surface area contributed by atoms with Crippen LogP contribution in [0.3, 0.4) is 0 Å². The molecule has 2 aliphatic rings. The number of nitrogens with one attached hydrogen (secondary N) is 1. The van der Waals surface area contributed by atoms with Crippen molar-refractivity contribution in [2.75, 3.05) is 20.2 Å². The van der Waals surface area contributed by atoms with E-state index in [9.17, 15) is 4.79 Å². The van der Waals surface area contributed by atoms with Crippen LogP contribution in [0.5, 0.6) is 5.75 Å². The predicted molar refractivity (Wildman–Crippen MR) is 131 cm³/mol. The van der Waals surface area contributed by atoms with E-state index in [1.165, 1.54) is 5.57 Å². The molecular weight excluding hydrogens is 438 g/mol. The van der Waals surface area contributed by atoms with Gasteiger partial charge in [-0.05, 0) is 62.9 Å². The Balaban J connectivity index is 1.64. The van der Waals surface area contributed by atoms with Gasteiger partial charge in [0.1, 0.15) is 11.4 Å². The number of likely N-dealkylation sites (tertiary alicyclic amines) is 1. The van der Waals surface area contributed by atoms with Gasteiger partial charge in [-0.25, -0.2) is 10.2 Å². The maximum absolute atomic E-state index is 12.7. The van der Waals surface area contributed by atoms with Crippen LogP contribution in [-0.2, 0) is 11.3 Å². The topological polar surface area (TPSA) is 54.0 Å². The maximum Gasteiger partial charge on any atom is 0.410 e. The van der Waals surface area contributed by atoms with Gasteiger partial charge in [0.2, 0.25) is 0 Å². The lowest BCUT2D eigenvalue weighted by molar-refractivity contribution is 0.0255. The summed E-state index contributed by atoms with van der Waals surface area (Å²) in [6.45, 7) is 7.63. The van der Waals surface area contributed by atoms with Gasteiger partial charge in [-0.2, -0.15) is 0 Å². The molecule has 1 fully saturated rings. The third-order valence-corrected chi connectivity index (χ3v) is 6.19. The average molecular weight is 470 g/mol. The first-order valence-corrected chi connectivity index (χ1v) is 11.8. The smallest absolute Gasteiger partial charge is 0.410 e. The predicted octanol–water partition coefficient (Wildman–Crippen LogP) is 5.48. The van der Waals surface area contributed by atoms with Crippen molar-refractivity contribution in [2.45, 2.75) is 51.8 Å². The highest BCUT2D eigenvalue weighted by Crippen LogP contribution is 2.37. The summed E-state index contributed by atoms with van der Waals surface area (Å²) in [5, 5.41) is 2.92. The van der Waals surface area contributed by atoms with E-state index in [1.807, 2.05) is 56.0 Å². The van der Waals surface area contributed by atoms with Crippen LogP contribution in [0.15, 0.2) is 54.1 Å². The Morgan fingerprint density at radius 1 is 1.12 bits per heavy atom. The van der Waals surface area contributed by atoms with Gasteiger partial charge in [-0.3, -0.25) is 0 Å². The number of carbonyl (C=O) groups excluding carboxylic acids is 1. The second kappa shape index (κ2) is 9.65. The van der Waals surface area contributed by atoms with Crippen molar-refractivity contribution in [3.63, 3.8) is 0 Å². The van der Waals surface area contributed by atoms with E-state index in [1.54, 1.807) is 7.11 Å². The van der Waals surface area contributed by atoms with E-state index in [0.29, 0.717) is 24.7 Å². The summed E-state index contributed by atoms with van der Waals surface area (Å²) >= 11 is 6.17. The fourth-order valence-electron chi connectivity index (χ4n) is 4.44. The van der Waals surface area contributed by atoms with Crippen LogP contribution in [0.25, 0.3) is 5.70 Å². The van der Waals surface area contributed by atoms with Gasteiger partial charge < -0.3 is 19.4 Å². The second-order valence-corrected chi connectivity index (χ2v) is 9.90. The lowest BCUT2D eigenvalue weighted by Crippen LogP contribution is -2.40. The van der Waals surface area contributed by atoms with Crippen molar-refractivity contribution in [1.29, 1.82) is 0 Å². The Kier molecular flexibility index (Phi) is 6.86. The highest BCUT2D eigenvalue weighted by Gasteiger charge is 2.35. The molecule has 1 unspecified atom stereocenters. The zero-order chi connectivity index (χ0) is 23.6. The molecule has 2 heterocycles. The van der Waals surface area contributed by atoms with Crippen LogP contribution < -0.4 is 10.2 Å². The third-order valence-electron chi connectivity index (χ3n) is 5.94. The van der Waals surface area contributed by atoms with E-state index in [0.717, 1.165) is 35.4 Å². The average Bonchev–Trinajstić information content (AvgIpc) is 2.96. The fraction of sp³-hybridized carbons (Fsp3) is 0.423. The van der Waals surface area contributed by atoms with E-state index in [4.69, 9.17) is 21.1 Å². The van der Waals surface area contributed by atoms with Gasteiger partial charge >= 0.3 is 6.09 Å². The number of carbonyl (C=O) groups is 1. The number of amides is 1. The van der Waals surface area contributed by atoms with Gasteiger partial charge in [0.25, 0.3) is 0 Å². The summed E-state index contributed by atoms with van der Waals surface area (Å²) in [6, 6.07) is 16.2. The number of halogens is 1. The Bertz CT molecular complexity index is 1030. The number of hydrogen-bond acceptors (Lipinski definition) is 5. The number of hydrazine groups is 1. The fourth-order valence-corrected chi connectivity index (χ4v) is 4.57. The molecule has 4 rings (SSSR count). The van der Waals surface area contributed by atoms with Gasteiger partial charge in [0.05, 0.1) is 25.4 Å². The van der Waals surface area contributed by atoms with Gasteiger partial charge in [0, 0.05) is 23.7 Å². The number of ether oxygens (including phenoxy) is 2. The van der Waals surface area contributed by atoms with Gasteiger partial charge in [-0.1, -0.05) is 41.9 Å². The molecule has 6 nitrogen and oxygen atoms in total. The van der Waals surface area contributed by atoms with Crippen LogP contribution in [0.1, 0.15) is 44.7 Å². The van der Waals surface area contributed by atoms with Crippen molar-refractivity contribution >= 4 is 23.4 Å². The SMILES string of the molecule is COc1ccccc1CN1NC2CCN(C(=O)OC(C)(C)C)CCC2=C1c1ccc(Cl)cc1. The minimum atomic E-state index is -0.503.